The van der Waals surface area contributed by atoms with Crippen molar-refractivity contribution < 1.29 is 24.2 Å². The van der Waals surface area contributed by atoms with Gasteiger partial charge in [-0.15, -0.1) is 0 Å². The molecule has 7 nitrogen and oxygen atoms in total. The number of rotatable bonds is 2. The third-order valence-electron chi connectivity index (χ3n) is 3.29. The van der Waals surface area contributed by atoms with Crippen LogP contribution in [0.2, 0.25) is 0 Å². The minimum Gasteiger partial charge on any atom is -0.489 e. The van der Waals surface area contributed by atoms with Gasteiger partial charge in [0.25, 0.3) is 0 Å². The van der Waals surface area contributed by atoms with E-state index < -0.39 is 23.7 Å². The summed E-state index contributed by atoms with van der Waals surface area (Å²) in [6.45, 7) is 5.43. The maximum Gasteiger partial charge on any atom is 0.408 e. The number of hydrogen-bond donors (Lipinski definition) is 2. The molecule has 0 fully saturated rings. The molecular weight excluding hydrogens is 332 g/mol. The van der Waals surface area contributed by atoms with Crippen LogP contribution in [0.25, 0.3) is 0 Å². The summed E-state index contributed by atoms with van der Waals surface area (Å²) in [4.78, 5) is 25.1. The first-order valence-corrected chi connectivity index (χ1v) is 7.76. The van der Waals surface area contributed by atoms with Crippen LogP contribution >= 0.6 is 12.2 Å². The third-order valence-corrected chi connectivity index (χ3v) is 3.85. The first-order valence-electron chi connectivity index (χ1n) is 7.36. The molecule has 8 heteroatoms. The smallest absolute Gasteiger partial charge is 0.408 e. The molecule has 0 saturated heterocycles. The number of nitrogens with zero attached hydrogens (tertiary/aromatic N) is 1. The van der Waals surface area contributed by atoms with E-state index in [2.05, 4.69) is 5.32 Å². The third kappa shape index (κ3) is 4.14. The Labute approximate surface area is 145 Å². The Hall–Kier alpha value is -2.35. The number of benzene rings is 1. The molecule has 1 atom stereocenters. The fraction of sp³-hybridized carbons (Fsp3) is 0.438. The minimum atomic E-state index is -1.04. The number of carboxylic acids is 1. The summed E-state index contributed by atoms with van der Waals surface area (Å²) in [7, 11) is 1.70. The van der Waals surface area contributed by atoms with E-state index in [4.69, 9.17) is 26.8 Å². The molecule has 2 N–H and O–H groups in total. The van der Waals surface area contributed by atoms with Crippen molar-refractivity contribution in [2.24, 2.45) is 0 Å². The van der Waals surface area contributed by atoms with Gasteiger partial charge in [0.2, 0.25) is 0 Å². The summed E-state index contributed by atoms with van der Waals surface area (Å²) < 4.78 is 10.9. The van der Waals surface area contributed by atoms with E-state index in [9.17, 15) is 9.59 Å². The second kappa shape index (κ2) is 6.64. The van der Waals surface area contributed by atoms with Crippen LogP contribution in [0.4, 0.5) is 10.5 Å². The lowest BCUT2D eigenvalue weighted by Gasteiger charge is -2.25. The van der Waals surface area contributed by atoms with Crippen molar-refractivity contribution in [3.8, 4) is 5.75 Å². The van der Waals surface area contributed by atoms with Crippen LogP contribution < -0.4 is 15.0 Å². The molecule has 24 heavy (non-hydrogen) atoms. The molecule has 1 aromatic rings. The first-order chi connectivity index (χ1) is 11.1. The average molecular weight is 352 g/mol. The second-order valence-corrected chi connectivity index (χ2v) is 6.81. The number of carboxylic acid groups (broad SMARTS) is 1. The molecular formula is C16H20N2O5S. The number of anilines is 1. The number of aromatic carboxylic acids is 1. The van der Waals surface area contributed by atoms with Gasteiger partial charge in [-0.25, -0.2) is 9.59 Å². The van der Waals surface area contributed by atoms with E-state index in [-0.39, 0.29) is 12.2 Å². The Bertz CT molecular complexity index is 684. The molecule has 1 aliphatic heterocycles. The molecule has 2 rings (SSSR count). The van der Waals surface area contributed by atoms with Crippen LogP contribution in [0.3, 0.4) is 0 Å². The molecule has 0 radical (unpaired) electrons. The zero-order valence-electron chi connectivity index (χ0n) is 14.0. The molecule has 0 saturated carbocycles. The van der Waals surface area contributed by atoms with Gasteiger partial charge in [-0.05, 0) is 39.0 Å². The van der Waals surface area contributed by atoms with E-state index in [1.165, 1.54) is 12.1 Å². The summed E-state index contributed by atoms with van der Waals surface area (Å²) in [6.07, 6.45) is -0.593. The SMILES string of the molecule is CN1C(=S)[C@@H](NC(=O)OC(C)(C)C)COc2ccc(C(=O)O)cc21. The Kier molecular flexibility index (Phi) is 4.98. The summed E-state index contributed by atoms with van der Waals surface area (Å²) in [6, 6.07) is 3.95. The van der Waals surface area contributed by atoms with E-state index in [0.717, 1.165) is 0 Å². The van der Waals surface area contributed by atoms with Gasteiger partial charge in [0.15, 0.2) is 0 Å². The number of carbonyl (C=O) groups excluding carboxylic acids is 1. The number of alkyl carbamates (subject to hydrolysis) is 1. The predicted molar refractivity (Wildman–Crippen MR) is 93.1 cm³/mol. The number of carbonyl (C=O) groups is 2. The highest BCUT2D eigenvalue weighted by molar-refractivity contribution is 7.80. The Morgan fingerprint density at radius 2 is 2.08 bits per heavy atom. The molecule has 0 unspecified atom stereocenters. The van der Waals surface area contributed by atoms with Gasteiger partial charge in [0, 0.05) is 7.05 Å². The minimum absolute atomic E-state index is 0.127. The zero-order valence-corrected chi connectivity index (χ0v) is 14.8. The number of fused-ring (bicyclic) bond motifs is 1. The van der Waals surface area contributed by atoms with E-state index in [1.54, 1.807) is 38.8 Å². The molecule has 130 valence electrons. The highest BCUT2D eigenvalue weighted by Gasteiger charge is 2.29. The van der Waals surface area contributed by atoms with Crippen molar-refractivity contribution >= 4 is 35.0 Å². The molecule has 0 aromatic heterocycles. The van der Waals surface area contributed by atoms with Gasteiger partial charge in [-0.3, -0.25) is 0 Å². The van der Waals surface area contributed by atoms with Crippen molar-refractivity contribution in [1.29, 1.82) is 0 Å². The number of amides is 1. The van der Waals surface area contributed by atoms with Crippen molar-refractivity contribution in [3.05, 3.63) is 23.8 Å². The summed E-state index contributed by atoms with van der Waals surface area (Å²) in [5.41, 5.74) is 0.0432. The monoisotopic (exact) mass is 352 g/mol. The van der Waals surface area contributed by atoms with Gasteiger partial charge < -0.3 is 24.8 Å². The second-order valence-electron chi connectivity index (χ2n) is 6.39. The lowest BCUT2D eigenvalue weighted by molar-refractivity contribution is 0.0507. The Balaban J connectivity index is 2.20. The van der Waals surface area contributed by atoms with E-state index in [1.807, 2.05) is 0 Å². The number of thiocarbonyl (C=S) groups is 1. The molecule has 1 aliphatic rings. The normalized spacial score (nSPS) is 17.4. The van der Waals surface area contributed by atoms with Crippen LogP contribution in [-0.4, -0.2) is 47.5 Å². The van der Waals surface area contributed by atoms with Crippen molar-refractivity contribution in [2.45, 2.75) is 32.4 Å². The summed E-state index contributed by atoms with van der Waals surface area (Å²) in [5, 5.41) is 11.8. The molecule has 0 aliphatic carbocycles. The maximum absolute atomic E-state index is 12.0. The quantitative estimate of drug-likeness (QED) is 0.790. The fourth-order valence-electron chi connectivity index (χ4n) is 2.18. The fourth-order valence-corrected chi connectivity index (χ4v) is 2.41. The number of hydrogen-bond acceptors (Lipinski definition) is 5. The molecule has 0 spiro atoms. The van der Waals surface area contributed by atoms with Gasteiger partial charge in [-0.1, -0.05) is 12.2 Å². The molecule has 1 aromatic carbocycles. The number of likely N-dealkylation sites (N-methyl/N-ethyl adjacent to an activating group) is 1. The van der Waals surface area contributed by atoms with E-state index in [0.29, 0.717) is 16.4 Å². The van der Waals surface area contributed by atoms with Crippen molar-refractivity contribution in [1.82, 2.24) is 5.32 Å². The first kappa shape index (κ1) is 18.0. The van der Waals surface area contributed by atoms with Crippen LogP contribution in [0.1, 0.15) is 31.1 Å². The van der Waals surface area contributed by atoms with Gasteiger partial charge >= 0.3 is 12.1 Å². The van der Waals surface area contributed by atoms with Crippen LogP contribution in [0.15, 0.2) is 18.2 Å². The number of nitrogens with one attached hydrogen (secondary N) is 1. The molecule has 1 amide bonds. The summed E-state index contributed by atoms with van der Waals surface area (Å²) in [5.74, 6) is -0.539. The molecule has 0 bridgehead atoms. The average Bonchev–Trinajstić information content (AvgIpc) is 2.57. The van der Waals surface area contributed by atoms with Crippen molar-refractivity contribution in [3.63, 3.8) is 0 Å². The standard InChI is InChI=1S/C16H20N2O5S/c1-16(2,3)23-15(21)17-10-8-22-12-6-5-9(14(19)20)7-11(12)18(4)13(10)24/h5-7,10H,8H2,1-4H3,(H,17,21)(H,19,20)/t10-/m0/s1. The van der Waals surface area contributed by atoms with E-state index >= 15 is 0 Å². The van der Waals surface area contributed by atoms with Gasteiger partial charge in [-0.2, -0.15) is 0 Å². The summed E-state index contributed by atoms with van der Waals surface area (Å²) >= 11 is 5.41. The highest BCUT2D eigenvalue weighted by Crippen LogP contribution is 2.32. The lowest BCUT2D eigenvalue weighted by Crippen LogP contribution is -2.49. The van der Waals surface area contributed by atoms with Crippen LogP contribution in [0.5, 0.6) is 5.75 Å². The molecule has 1 heterocycles. The van der Waals surface area contributed by atoms with Crippen LogP contribution in [-0.2, 0) is 4.74 Å². The Morgan fingerprint density at radius 1 is 1.42 bits per heavy atom. The van der Waals surface area contributed by atoms with Crippen molar-refractivity contribution in [2.75, 3.05) is 18.6 Å². The highest BCUT2D eigenvalue weighted by atomic mass is 32.1. The maximum atomic E-state index is 12.0. The Morgan fingerprint density at radius 3 is 2.67 bits per heavy atom. The topological polar surface area (TPSA) is 88.1 Å². The number of ether oxygens (including phenoxy) is 2. The van der Waals surface area contributed by atoms with Gasteiger partial charge in [0.05, 0.1) is 11.3 Å². The lowest BCUT2D eigenvalue weighted by atomic mass is 10.1. The zero-order chi connectivity index (χ0) is 18.1. The van der Waals surface area contributed by atoms with Gasteiger partial charge in [0.1, 0.15) is 29.0 Å². The largest absolute Gasteiger partial charge is 0.489 e. The van der Waals surface area contributed by atoms with Crippen LogP contribution in [0, 0.1) is 0 Å². The predicted octanol–water partition coefficient (Wildman–Crippen LogP) is 2.43.